The average molecular weight is 415 g/mol. The van der Waals surface area contributed by atoms with E-state index in [1.165, 1.54) is 6.42 Å². The topological polar surface area (TPSA) is 40.6 Å². The zero-order valence-corrected chi connectivity index (χ0v) is 16.5. The number of aryl methyl sites for hydroxylation is 1. The third-order valence-corrected chi connectivity index (χ3v) is 5.16. The van der Waals surface area contributed by atoms with Gasteiger partial charge in [-0.15, -0.1) is 0 Å². The van der Waals surface area contributed by atoms with Gasteiger partial charge in [0.15, 0.2) is 0 Å². The van der Waals surface area contributed by atoms with E-state index in [1.54, 1.807) is 17.0 Å². The summed E-state index contributed by atoms with van der Waals surface area (Å²) in [5.41, 5.74) is 2.42. The smallest absolute Gasteiger partial charge is 0.258 e. The van der Waals surface area contributed by atoms with Crippen molar-refractivity contribution in [2.45, 2.75) is 26.2 Å². The number of benzene rings is 2. The molecule has 4 nitrogen and oxygen atoms in total. The molecule has 1 saturated heterocycles. The number of piperidine rings is 1. The van der Waals surface area contributed by atoms with E-state index in [0.717, 1.165) is 41.7 Å². The summed E-state index contributed by atoms with van der Waals surface area (Å²) in [4.78, 5) is 29.4. The Bertz CT molecular complexity index is 783. The highest BCUT2D eigenvalue weighted by atomic mass is 79.9. The first-order valence-electron chi connectivity index (χ1n) is 8.96. The Morgan fingerprint density at radius 1 is 1.04 bits per heavy atom. The summed E-state index contributed by atoms with van der Waals surface area (Å²) in [7, 11) is 0. The molecule has 0 spiro atoms. The SMILES string of the molecule is Cc1ccc(N(CC(=O)N2CCCCC2)C(=O)c2cccc(Br)c2)cc1. The first-order chi connectivity index (χ1) is 12.5. The zero-order chi connectivity index (χ0) is 18.5. The van der Waals surface area contributed by atoms with Crippen molar-refractivity contribution in [3.05, 3.63) is 64.1 Å². The van der Waals surface area contributed by atoms with Crippen LogP contribution in [0, 0.1) is 6.92 Å². The maximum atomic E-state index is 13.1. The van der Waals surface area contributed by atoms with Gasteiger partial charge in [-0.3, -0.25) is 14.5 Å². The number of anilines is 1. The van der Waals surface area contributed by atoms with Crippen LogP contribution in [0.5, 0.6) is 0 Å². The third kappa shape index (κ3) is 4.52. The number of amides is 2. The minimum atomic E-state index is -0.166. The molecule has 0 bridgehead atoms. The van der Waals surface area contributed by atoms with Crippen LogP contribution < -0.4 is 4.90 Å². The number of nitrogens with zero attached hydrogens (tertiary/aromatic N) is 2. The fourth-order valence-electron chi connectivity index (χ4n) is 3.16. The van der Waals surface area contributed by atoms with Crippen LogP contribution in [-0.4, -0.2) is 36.3 Å². The largest absolute Gasteiger partial charge is 0.341 e. The van der Waals surface area contributed by atoms with Gasteiger partial charge >= 0.3 is 0 Å². The van der Waals surface area contributed by atoms with E-state index in [4.69, 9.17) is 0 Å². The Kier molecular flexibility index (Phi) is 6.09. The van der Waals surface area contributed by atoms with Crippen LogP contribution >= 0.6 is 15.9 Å². The molecule has 0 unspecified atom stereocenters. The van der Waals surface area contributed by atoms with Gasteiger partial charge in [-0.1, -0.05) is 39.7 Å². The molecule has 5 heteroatoms. The van der Waals surface area contributed by atoms with Crippen LogP contribution in [0.25, 0.3) is 0 Å². The van der Waals surface area contributed by atoms with Gasteiger partial charge in [-0.25, -0.2) is 0 Å². The van der Waals surface area contributed by atoms with Crippen molar-refractivity contribution in [1.29, 1.82) is 0 Å². The molecule has 136 valence electrons. The second-order valence-corrected chi connectivity index (χ2v) is 7.59. The van der Waals surface area contributed by atoms with E-state index in [1.807, 2.05) is 48.2 Å². The highest BCUT2D eigenvalue weighted by Gasteiger charge is 2.24. The number of halogens is 1. The van der Waals surface area contributed by atoms with E-state index >= 15 is 0 Å². The monoisotopic (exact) mass is 414 g/mol. The minimum Gasteiger partial charge on any atom is -0.341 e. The van der Waals surface area contributed by atoms with E-state index in [9.17, 15) is 9.59 Å². The van der Waals surface area contributed by atoms with Crippen LogP contribution in [0.1, 0.15) is 35.2 Å². The number of hydrogen-bond donors (Lipinski definition) is 0. The minimum absolute atomic E-state index is 0.00798. The fourth-order valence-corrected chi connectivity index (χ4v) is 3.56. The van der Waals surface area contributed by atoms with E-state index < -0.39 is 0 Å². The molecule has 26 heavy (non-hydrogen) atoms. The van der Waals surface area contributed by atoms with Gasteiger partial charge in [-0.2, -0.15) is 0 Å². The predicted octanol–water partition coefficient (Wildman–Crippen LogP) is 4.42. The molecule has 1 aliphatic heterocycles. The van der Waals surface area contributed by atoms with Crippen LogP contribution in [0.2, 0.25) is 0 Å². The van der Waals surface area contributed by atoms with Crippen LogP contribution in [0.15, 0.2) is 53.0 Å². The van der Waals surface area contributed by atoms with Crippen molar-refractivity contribution in [3.63, 3.8) is 0 Å². The van der Waals surface area contributed by atoms with Crippen molar-refractivity contribution in [2.24, 2.45) is 0 Å². The van der Waals surface area contributed by atoms with Gasteiger partial charge < -0.3 is 4.90 Å². The lowest BCUT2D eigenvalue weighted by molar-refractivity contribution is -0.130. The summed E-state index contributed by atoms with van der Waals surface area (Å²) < 4.78 is 0.842. The highest BCUT2D eigenvalue weighted by molar-refractivity contribution is 9.10. The summed E-state index contributed by atoms with van der Waals surface area (Å²) in [5.74, 6) is -0.158. The molecule has 0 radical (unpaired) electrons. The Hall–Kier alpha value is -2.14. The lowest BCUT2D eigenvalue weighted by atomic mass is 10.1. The Balaban J connectivity index is 1.87. The summed E-state index contributed by atoms with van der Waals surface area (Å²) in [6.45, 7) is 3.63. The Morgan fingerprint density at radius 2 is 1.73 bits per heavy atom. The zero-order valence-electron chi connectivity index (χ0n) is 15.0. The van der Waals surface area contributed by atoms with Crippen molar-refractivity contribution < 1.29 is 9.59 Å². The summed E-state index contributed by atoms with van der Waals surface area (Å²) in [5, 5.41) is 0. The number of hydrogen-bond acceptors (Lipinski definition) is 2. The molecule has 1 heterocycles. The molecule has 1 fully saturated rings. The van der Waals surface area contributed by atoms with Gasteiger partial charge in [0.2, 0.25) is 5.91 Å². The second kappa shape index (κ2) is 8.49. The van der Waals surface area contributed by atoms with Gasteiger partial charge in [0.1, 0.15) is 6.54 Å². The molecule has 0 atom stereocenters. The molecule has 2 aromatic rings. The Morgan fingerprint density at radius 3 is 2.38 bits per heavy atom. The molecule has 3 rings (SSSR count). The predicted molar refractivity (Wildman–Crippen MR) is 107 cm³/mol. The van der Waals surface area contributed by atoms with Gasteiger partial charge in [-0.05, 0) is 56.5 Å². The normalized spacial score (nSPS) is 14.2. The molecule has 0 saturated carbocycles. The quantitative estimate of drug-likeness (QED) is 0.742. The lowest BCUT2D eigenvalue weighted by Gasteiger charge is -2.30. The fraction of sp³-hybridized carbons (Fsp3) is 0.333. The maximum Gasteiger partial charge on any atom is 0.258 e. The molecule has 2 aromatic carbocycles. The van der Waals surface area contributed by atoms with E-state index in [-0.39, 0.29) is 18.4 Å². The van der Waals surface area contributed by atoms with Crippen molar-refractivity contribution in [1.82, 2.24) is 4.90 Å². The number of carbonyl (C=O) groups excluding carboxylic acids is 2. The first kappa shape index (κ1) is 18.6. The molecule has 0 aliphatic carbocycles. The van der Waals surface area contributed by atoms with Crippen LogP contribution in [0.4, 0.5) is 5.69 Å². The molecule has 2 amide bonds. The van der Waals surface area contributed by atoms with Gasteiger partial charge in [0.25, 0.3) is 5.91 Å². The van der Waals surface area contributed by atoms with Crippen molar-refractivity contribution in [3.8, 4) is 0 Å². The summed E-state index contributed by atoms with van der Waals surface area (Å²) in [6.07, 6.45) is 3.24. The van der Waals surface area contributed by atoms with Gasteiger partial charge in [0, 0.05) is 28.8 Å². The molecular formula is C21H23BrN2O2. The van der Waals surface area contributed by atoms with Gasteiger partial charge in [0.05, 0.1) is 0 Å². The van der Waals surface area contributed by atoms with E-state index in [2.05, 4.69) is 15.9 Å². The number of rotatable bonds is 4. The molecule has 0 N–H and O–H groups in total. The standard InChI is InChI=1S/C21H23BrN2O2/c1-16-8-10-19(11-9-16)24(15-20(25)23-12-3-2-4-13-23)21(26)17-6-5-7-18(22)14-17/h5-11,14H,2-4,12-13,15H2,1H3. The summed E-state index contributed by atoms with van der Waals surface area (Å²) >= 11 is 3.41. The lowest BCUT2D eigenvalue weighted by Crippen LogP contribution is -2.45. The maximum absolute atomic E-state index is 13.1. The first-order valence-corrected chi connectivity index (χ1v) is 9.76. The third-order valence-electron chi connectivity index (χ3n) is 4.66. The Labute approximate surface area is 162 Å². The average Bonchev–Trinajstić information content (AvgIpc) is 2.67. The van der Waals surface area contributed by atoms with Crippen LogP contribution in [-0.2, 0) is 4.79 Å². The molecular weight excluding hydrogens is 392 g/mol. The number of carbonyl (C=O) groups is 2. The molecule has 0 aromatic heterocycles. The second-order valence-electron chi connectivity index (χ2n) is 6.68. The van der Waals surface area contributed by atoms with Crippen molar-refractivity contribution in [2.75, 3.05) is 24.5 Å². The van der Waals surface area contributed by atoms with Crippen LogP contribution in [0.3, 0.4) is 0 Å². The number of likely N-dealkylation sites (tertiary alicyclic amines) is 1. The van der Waals surface area contributed by atoms with E-state index in [0.29, 0.717) is 5.56 Å². The summed E-state index contributed by atoms with van der Waals surface area (Å²) in [6, 6.07) is 15.0. The molecule has 1 aliphatic rings. The highest BCUT2D eigenvalue weighted by Crippen LogP contribution is 2.21. The van der Waals surface area contributed by atoms with Crippen molar-refractivity contribution >= 4 is 33.4 Å².